The van der Waals surface area contributed by atoms with Gasteiger partial charge < -0.3 is 29.2 Å². The van der Waals surface area contributed by atoms with Crippen molar-refractivity contribution >= 4 is 34.7 Å². The van der Waals surface area contributed by atoms with E-state index < -0.39 is 11.9 Å². The zero-order chi connectivity index (χ0) is 41.8. The number of benzene rings is 6. The summed E-state index contributed by atoms with van der Waals surface area (Å²) in [4.78, 5) is 25.3. The molecule has 0 amide bonds. The highest BCUT2D eigenvalue weighted by Crippen LogP contribution is 2.41. The summed E-state index contributed by atoms with van der Waals surface area (Å²) in [5.41, 5.74) is 7.08. The van der Waals surface area contributed by atoms with E-state index >= 15 is 0 Å². The molecule has 0 spiro atoms. The quantitative estimate of drug-likeness (QED) is 0.0911. The van der Waals surface area contributed by atoms with Gasteiger partial charge in [0, 0.05) is 47.9 Å². The van der Waals surface area contributed by atoms with E-state index in [9.17, 15) is 19.8 Å². The van der Waals surface area contributed by atoms with E-state index in [2.05, 4.69) is 20.5 Å². The Labute approximate surface area is 347 Å². The van der Waals surface area contributed by atoms with Crippen LogP contribution in [-0.4, -0.2) is 48.6 Å². The number of fused-ring (bicyclic) bond motifs is 8. The molecular formula is C48H44N4O8. The van der Waals surface area contributed by atoms with Crippen molar-refractivity contribution in [1.29, 1.82) is 0 Å². The van der Waals surface area contributed by atoms with Crippen LogP contribution in [0.5, 0.6) is 23.0 Å². The number of esters is 2. The number of para-hydroxylation sites is 2. The SMILES string of the molecule is CCOC(=O)COc1c2cccc1Cc1cc(N=Nc3ccccc3)cc(c1O)Cc1cccc(c1OCC(=O)OCC)Cc1cc(N=Nc3ccccc3)cc(c1O)C2. The minimum absolute atomic E-state index is 0.0283. The Balaban J connectivity index is 1.42. The van der Waals surface area contributed by atoms with Crippen LogP contribution in [0.3, 0.4) is 0 Å². The first kappa shape index (κ1) is 40.8. The first-order chi connectivity index (χ1) is 29.3. The molecule has 304 valence electrons. The number of hydrogen-bond acceptors (Lipinski definition) is 12. The molecule has 12 nitrogen and oxygen atoms in total. The standard InChI is InChI=1S/C48H44N4O8/c1-3-57-43(53)29-59-47-31-13-11-14-32(47)22-36-26-42(52-50-40-19-9-6-10-20-40)28-38(46(36)56)24-34-16-12-15-33(48(34)60-30-44(54)58-4-2)23-37-27-41(25-35(21-31)45(37)55)51-49-39-17-7-5-8-18-39/h5-20,25-28,55-56H,3-4,21-24,29-30H2,1-2H3. The topological polar surface area (TPSA) is 161 Å². The molecule has 0 heterocycles. The molecule has 0 unspecified atom stereocenters. The first-order valence-electron chi connectivity index (χ1n) is 19.7. The normalized spacial score (nSPS) is 12.3. The summed E-state index contributed by atoms with van der Waals surface area (Å²) in [7, 11) is 0. The third-order valence-electron chi connectivity index (χ3n) is 9.74. The van der Waals surface area contributed by atoms with Crippen LogP contribution >= 0.6 is 0 Å². The Kier molecular flexibility index (Phi) is 13.2. The van der Waals surface area contributed by atoms with Gasteiger partial charge in [-0.25, -0.2) is 9.59 Å². The second-order valence-electron chi connectivity index (χ2n) is 14.0. The molecule has 0 aromatic heterocycles. The minimum Gasteiger partial charge on any atom is -0.507 e. The number of nitrogens with zero attached hydrogens (tertiary/aromatic N) is 4. The van der Waals surface area contributed by atoms with Crippen LogP contribution in [0, 0.1) is 0 Å². The van der Waals surface area contributed by atoms with Gasteiger partial charge in [-0.2, -0.15) is 20.5 Å². The van der Waals surface area contributed by atoms with E-state index in [1.54, 1.807) is 38.1 Å². The van der Waals surface area contributed by atoms with E-state index in [1.165, 1.54) is 0 Å². The van der Waals surface area contributed by atoms with Crippen molar-refractivity contribution in [1.82, 2.24) is 0 Å². The number of ether oxygens (including phenoxy) is 4. The highest BCUT2D eigenvalue weighted by Gasteiger charge is 2.23. The van der Waals surface area contributed by atoms with E-state index in [-0.39, 0.29) is 63.6 Å². The molecule has 1 aliphatic carbocycles. The number of phenolic OH excluding ortho intramolecular Hbond substituents is 2. The van der Waals surface area contributed by atoms with Crippen LogP contribution in [0.2, 0.25) is 0 Å². The highest BCUT2D eigenvalue weighted by atomic mass is 16.6. The lowest BCUT2D eigenvalue weighted by atomic mass is 9.91. The van der Waals surface area contributed by atoms with Crippen molar-refractivity contribution in [2.75, 3.05) is 26.4 Å². The predicted molar refractivity (Wildman–Crippen MR) is 226 cm³/mol. The second-order valence-corrected chi connectivity index (χ2v) is 14.0. The van der Waals surface area contributed by atoms with Gasteiger partial charge in [0.2, 0.25) is 0 Å². The van der Waals surface area contributed by atoms with Gasteiger partial charge in [-0.15, -0.1) is 0 Å². The minimum atomic E-state index is -0.538. The van der Waals surface area contributed by atoms with Crippen LogP contribution in [0.15, 0.2) is 142 Å². The van der Waals surface area contributed by atoms with Crippen molar-refractivity contribution in [3.05, 3.63) is 166 Å². The van der Waals surface area contributed by atoms with Crippen molar-refractivity contribution in [3.63, 3.8) is 0 Å². The molecule has 0 fully saturated rings. The molecule has 8 bridgehead atoms. The zero-order valence-electron chi connectivity index (χ0n) is 33.3. The summed E-state index contributed by atoms with van der Waals surface area (Å²) in [5.74, 6) is -0.200. The lowest BCUT2D eigenvalue weighted by molar-refractivity contribution is -0.146. The van der Waals surface area contributed by atoms with Crippen molar-refractivity contribution in [3.8, 4) is 23.0 Å². The molecule has 0 radical (unpaired) electrons. The summed E-state index contributed by atoms with van der Waals surface area (Å²) in [5, 5.41) is 42.1. The van der Waals surface area contributed by atoms with Crippen molar-refractivity contribution in [2.24, 2.45) is 20.5 Å². The average Bonchev–Trinajstić information content (AvgIpc) is 3.25. The fourth-order valence-corrected chi connectivity index (χ4v) is 7.05. The average molecular weight is 805 g/mol. The van der Waals surface area contributed by atoms with Crippen LogP contribution in [0.1, 0.15) is 58.4 Å². The maximum Gasteiger partial charge on any atom is 0.344 e. The van der Waals surface area contributed by atoms with Crippen LogP contribution in [-0.2, 0) is 44.7 Å². The Morgan fingerprint density at radius 1 is 0.450 bits per heavy atom. The fraction of sp³-hybridized carbons (Fsp3) is 0.208. The molecule has 0 saturated carbocycles. The van der Waals surface area contributed by atoms with Gasteiger partial charge in [-0.3, -0.25) is 0 Å². The van der Waals surface area contributed by atoms with E-state index in [0.29, 0.717) is 78.8 Å². The summed E-state index contributed by atoms with van der Waals surface area (Å²) >= 11 is 0. The number of carbonyl (C=O) groups excluding carboxylic acids is 2. The van der Waals surface area contributed by atoms with Gasteiger partial charge in [0.05, 0.1) is 36.0 Å². The van der Waals surface area contributed by atoms with Gasteiger partial charge in [-0.05, 0) is 84.6 Å². The van der Waals surface area contributed by atoms with Crippen LogP contribution < -0.4 is 9.47 Å². The number of hydrogen-bond donors (Lipinski definition) is 2. The highest BCUT2D eigenvalue weighted by molar-refractivity contribution is 5.72. The molecule has 1 aliphatic rings. The smallest absolute Gasteiger partial charge is 0.344 e. The maximum absolute atomic E-state index is 12.7. The molecule has 7 rings (SSSR count). The number of carbonyl (C=O) groups is 2. The summed E-state index contributed by atoms with van der Waals surface area (Å²) in [6.45, 7) is 3.12. The maximum atomic E-state index is 12.7. The Morgan fingerprint density at radius 3 is 1.08 bits per heavy atom. The fourth-order valence-electron chi connectivity index (χ4n) is 7.05. The molecule has 12 heteroatoms. The van der Waals surface area contributed by atoms with E-state index in [1.807, 2.05) is 97.1 Å². The monoisotopic (exact) mass is 804 g/mol. The summed E-state index contributed by atoms with van der Waals surface area (Å²) < 4.78 is 22.9. The van der Waals surface area contributed by atoms with Crippen molar-refractivity contribution in [2.45, 2.75) is 39.5 Å². The summed E-state index contributed by atoms with van der Waals surface area (Å²) in [6.07, 6.45) is 0.700. The molecule has 0 atom stereocenters. The van der Waals surface area contributed by atoms with Gasteiger partial charge in [-0.1, -0.05) is 72.8 Å². The lowest BCUT2D eigenvalue weighted by Crippen LogP contribution is -2.16. The van der Waals surface area contributed by atoms with Gasteiger partial charge in [0.1, 0.15) is 23.0 Å². The second kappa shape index (κ2) is 19.4. The lowest BCUT2D eigenvalue weighted by Gasteiger charge is -2.20. The van der Waals surface area contributed by atoms with Gasteiger partial charge >= 0.3 is 11.9 Å². The number of rotatable bonds is 12. The predicted octanol–water partition coefficient (Wildman–Crippen LogP) is 10.5. The van der Waals surface area contributed by atoms with Crippen LogP contribution in [0.25, 0.3) is 0 Å². The molecule has 0 aliphatic heterocycles. The largest absolute Gasteiger partial charge is 0.507 e. The Hall–Kier alpha value is -7.34. The van der Waals surface area contributed by atoms with E-state index in [4.69, 9.17) is 18.9 Å². The molecule has 6 aromatic carbocycles. The van der Waals surface area contributed by atoms with E-state index in [0.717, 1.165) is 0 Å². The number of aromatic hydroxyl groups is 2. The number of azo groups is 2. The van der Waals surface area contributed by atoms with Crippen molar-refractivity contribution < 1.29 is 38.7 Å². The number of phenols is 2. The van der Waals surface area contributed by atoms with Gasteiger partial charge in [0.15, 0.2) is 13.2 Å². The van der Waals surface area contributed by atoms with Crippen LogP contribution in [0.4, 0.5) is 22.7 Å². The molecule has 2 N–H and O–H groups in total. The Bertz CT molecular complexity index is 2270. The Morgan fingerprint density at radius 2 is 0.767 bits per heavy atom. The molecule has 6 aromatic rings. The zero-order valence-corrected chi connectivity index (χ0v) is 33.3. The first-order valence-corrected chi connectivity index (χ1v) is 19.7. The molecule has 60 heavy (non-hydrogen) atoms. The summed E-state index contributed by atoms with van der Waals surface area (Å²) in [6, 6.07) is 36.9. The third-order valence-corrected chi connectivity index (χ3v) is 9.74. The third kappa shape index (κ3) is 10.2. The van der Waals surface area contributed by atoms with Gasteiger partial charge in [0.25, 0.3) is 0 Å². The molecule has 0 saturated heterocycles. The molecular weight excluding hydrogens is 761 g/mol.